The third kappa shape index (κ3) is 6.72. The molecule has 0 radical (unpaired) electrons. The lowest BCUT2D eigenvalue weighted by atomic mass is 10.1. The molecule has 0 aromatic rings. The highest BCUT2D eigenvalue weighted by Gasteiger charge is 2.30. The second kappa shape index (κ2) is 7.75. The first-order valence-electron chi connectivity index (χ1n) is 5.57. The Morgan fingerprint density at radius 1 is 1.53 bits per heavy atom. The SMILES string of the molecule is CC(C)CCC(=O)OCCC(N)(CN)S(=O)O. The molecule has 6 nitrogen and oxygen atoms in total. The predicted molar refractivity (Wildman–Crippen MR) is 66.4 cm³/mol. The van der Waals surface area contributed by atoms with E-state index in [1.807, 2.05) is 13.8 Å². The van der Waals surface area contributed by atoms with Gasteiger partial charge < -0.3 is 20.8 Å². The van der Waals surface area contributed by atoms with Crippen LogP contribution < -0.4 is 11.5 Å². The molecule has 0 fully saturated rings. The van der Waals surface area contributed by atoms with Gasteiger partial charge in [-0.15, -0.1) is 0 Å². The minimum Gasteiger partial charge on any atom is -0.466 e. The Labute approximate surface area is 104 Å². The summed E-state index contributed by atoms with van der Waals surface area (Å²) in [5.74, 6) is 0.118. The van der Waals surface area contributed by atoms with E-state index in [0.29, 0.717) is 12.3 Å². The van der Waals surface area contributed by atoms with Gasteiger partial charge in [-0.2, -0.15) is 0 Å². The molecule has 0 aliphatic rings. The van der Waals surface area contributed by atoms with Gasteiger partial charge in [0.25, 0.3) is 0 Å². The monoisotopic (exact) mass is 266 g/mol. The zero-order valence-corrected chi connectivity index (χ0v) is 11.2. The average molecular weight is 266 g/mol. The van der Waals surface area contributed by atoms with E-state index < -0.39 is 16.0 Å². The minimum absolute atomic E-state index is 0.0108. The Hall–Kier alpha value is -0.500. The van der Waals surface area contributed by atoms with Gasteiger partial charge in [0.2, 0.25) is 0 Å². The van der Waals surface area contributed by atoms with Crippen LogP contribution in [-0.2, 0) is 20.6 Å². The molecule has 0 bridgehead atoms. The summed E-state index contributed by atoms with van der Waals surface area (Å²) >= 11 is -2.23. The Morgan fingerprint density at radius 3 is 2.53 bits per heavy atom. The molecule has 0 spiro atoms. The van der Waals surface area contributed by atoms with Crippen molar-refractivity contribution in [3.8, 4) is 0 Å². The van der Waals surface area contributed by atoms with Crippen LogP contribution in [0, 0.1) is 5.92 Å². The molecule has 0 aliphatic heterocycles. The Balaban J connectivity index is 3.90. The first-order chi connectivity index (χ1) is 7.81. The summed E-state index contributed by atoms with van der Waals surface area (Å²) in [4.78, 5) is 9.85. The third-order valence-corrected chi connectivity index (χ3v) is 3.47. The van der Waals surface area contributed by atoms with Crippen LogP contribution in [0.4, 0.5) is 0 Å². The zero-order valence-electron chi connectivity index (χ0n) is 10.3. The molecule has 2 unspecified atom stereocenters. The Kier molecular flexibility index (Phi) is 7.53. The number of hydrogen-bond donors (Lipinski definition) is 3. The molecule has 0 amide bonds. The molecule has 0 aliphatic carbocycles. The van der Waals surface area contributed by atoms with Crippen LogP contribution in [0.15, 0.2) is 0 Å². The number of ether oxygens (including phenoxy) is 1. The van der Waals surface area contributed by atoms with Crippen LogP contribution in [0.1, 0.15) is 33.1 Å². The van der Waals surface area contributed by atoms with Crippen molar-refractivity contribution in [3.63, 3.8) is 0 Å². The highest BCUT2D eigenvalue weighted by molar-refractivity contribution is 7.80. The third-order valence-electron chi connectivity index (χ3n) is 2.41. The second-order valence-electron chi connectivity index (χ2n) is 4.42. The van der Waals surface area contributed by atoms with Crippen LogP contribution in [-0.4, -0.2) is 32.8 Å². The summed E-state index contributed by atoms with van der Waals surface area (Å²) < 4.78 is 24.8. The van der Waals surface area contributed by atoms with E-state index in [2.05, 4.69) is 0 Å². The molecule has 0 rings (SSSR count). The maximum atomic E-state index is 11.3. The summed E-state index contributed by atoms with van der Waals surface area (Å²) in [6, 6.07) is 0. The van der Waals surface area contributed by atoms with Gasteiger partial charge in [-0.1, -0.05) is 13.8 Å². The lowest BCUT2D eigenvalue weighted by Crippen LogP contribution is -2.51. The van der Waals surface area contributed by atoms with E-state index in [1.54, 1.807) is 0 Å². The minimum atomic E-state index is -2.23. The predicted octanol–water partition coefficient (Wildman–Crippen LogP) is 0.191. The Morgan fingerprint density at radius 2 is 2.12 bits per heavy atom. The first kappa shape index (κ1) is 16.5. The van der Waals surface area contributed by atoms with Gasteiger partial charge in [-0.3, -0.25) is 4.79 Å². The largest absolute Gasteiger partial charge is 0.466 e. The van der Waals surface area contributed by atoms with Crippen LogP contribution >= 0.6 is 0 Å². The zero-order chi connectivity index (χ0) is 13.5. The van der Waals surface area contributed by atoms with E-state index in [9.17, 15) is 9.00 Å². The van der Waals surface area contributed by atoms with Crippen molar-refractivity contribution in [3.05, 3.63) is 0 Å². The van der Waals surface area contributed by atoms with E-state index in [0.717, 1.165) is 6.42 Å². The average Bonchev–Trinajstić information content (AvgIpc) is 2.25. The molecule has 0 saturated heterocycles. The van der Waals surface area contributed by atoms with Crippen molar-refractivity contribution in [2.45, 2.75) is 38.0 Å². The molecular weight excluding hydrogens is 244 g/mol. The van der Waals surface area contributed by atoms with Gasteiger partial charge in [-0.05, 0) is 12.3 Å². The standard InChI is InChI=1S/C10H22N2O4S/c1-8(2)3-4-9(13)16-6-5-10(12,7-11)17(14)15/h8H,3-7,11-12H2,1-2H3,(H,14,15). The van der Waals surface area contributed by atoms with Crippen molar-refractivity contribution in [2.24, 2.45) is 17.4 Å². The highest BCUT2D eigenvalue weighted by atomic mass is 32.2. The van der Waals surface area contributed by atoms with Gasteiger partial charge in [0.1, 0.15) is 4.87 Å². The summed E-state index contributed by atoms with van der Waals surface area (Å²) in [5.41, 5.74) is 10.9. The topological polar surface area (TPSA) is 116 Å². The molecule has 0 aromatic carbocycles. The van der Waals surface area contributed by atoms with E-state index >= 15 is 0 Å². The molecule has 17 heavy (non-hydrogen) atoms. The fourth-order valence-electron chi connectivity index (χ4n) is 1.08. The lowest BCUT2D eigenvalue weighted by Gasteiger charge is -2.23. The van der Waals surface area contributed by atoms with Gasteiger partial charge >= 0.3 is 5.97 Å². The molecule has 0 aromatic heterocycles. The van der Waals surface area contributed by atoms with Crippen LogP contribution in [0.2, 0.25) is 0 Å². The quantitative estimate of drug-likeness (QED) is 0.426. The number of carbonyl (C=O) groups is 1. The summed E-state index contributed by atoms with van der Waals surface area (Å²) in [7, 11) is 0. The number of hydrogen-bond acceptors (Lipinski definition) is 5. The van der Waals surface area contributed by atoms with E-state index in [4.69, 9.17) is 20.8 Å². The number of nitrogens with two attached hydrogens (primary N) is 2. The normalized spacial score (nSPS) is 16.6. The fraction of sp³-hybridized carbons (Fsp3) is 0.900. The number of esters is 1. The second-order valence-corrected chi connectivity index (χ2v) is 5.73. The molecule has 7 heteroatoms. The van der Waals surface area contributed by atoms with Crippen molar-refractivity contribution in [1.29, 1.82) is 0 Å². The highest BCUT2D eigenvalue weighted by Crippen LogP contribution is 2.10. The molecule has 0 heterocycles. The number of rotatable bonds is 8. The fourth-order valence-corrected chi connectivity index (χ4v) is 1.48. The molecule has 2 atom stereocenters. The summed E-state index contributed by atoms with van der Waals surface area (Å²) in [6.07, 6.45) is 1.18. The maximum Gasteiger partial charge on any atom is 0.305 e. The summed E-state index contributed by atoms with van der Waals surface area (Å²) in [5, 5.41) is 0. The van der Waals surface area contributed by atoms with Gasteiger partial charge in [0.15, 0.2) is 11.1 Å². The Bertz CT molecular complexity index is 273. The van der Waals surface area contributed by atoms with Gasteiger partial charge in [0.05, 0.1) is 6.61 Å². The van der Waals surface area contributed by atoms with Crippen molar-refractivity contribution >= 4 is 17.0 Å². The van der Waals surface area contributed by atoms with Crippen molar-refractivity contribution in [2.75, 3.05) is 13.2 Å². The van der Waals surface area contributed by atoms with E-state index in [1.165, 1.54) is 0 Å². The molecule has 0 saturated carbocycles. The number of carbonyl (C=O) groups excluding carboxylic acids is 1. The van der Waals surface area contributed by atoms with Crippen molar-refractivity contribution < 1.29 is 18.3 Å². The lowest BCUT2D eigenvalue weighted by molar-refractivity contribution is -0.144. The first-order valence-corrected chi connectivity index (χ1v) is 6.68. The maximum absolute atomic E-state index is 11.3. The smallest absolute Gasteiger partial charge is 0.305 e. The van der Waals surface area contributed by atoms with E-state index in [-0.39, 0.29) is 25.5 Å². The molecule has 5 N–H and O–H groups in total. The van der Waals surface area contributed by atoms with Crippen LogP contribution in [0.25, 0.3) is 0 Å². The van der Waals surface area contributed by atoms with Gasteiger partial charge in [0, 0.05) is 19.4 Å². The molecule has 102 valence electrons. The van der Waals surface area contributed by atoms with Crippen LogP contribution in [0.5, 0.6) is 0 Å². The van der Waals surface area contributed by atoms with Gasteiger partial charge in [-0.25, -0.2) is 4.21 Å². The summed E-state index contributed by atoms with van der Waals surface area (Å²) in [6.45, 7) is 3.90. The van der Waals surface area contributed by atoms with Crippen molar-refractivity contribution in [1.82, 2.24) is 0 Å². The van der Waals surface area contributed by atoms with Crippen LogP contribution in [0.3, 0.4) is 0 Å². The molecular formula is C10H22N2O4S.